The maximum Gasteiger partial charge on any atom is 0.338 e. The molecule has 1 heterocycles. The number of esters is 3. The van der Waals surface area contributed by atoms with Crippen molar-refractivity contribution < 1.29 is 50.7 Å². The molecule has 0 amide bonds. The quantitative estimate of drug-likeness (QED) is 0.187. The first kappa shape index (κ1) is 29.9. The molecular weight excluding hydrogens is 556 g/mol. The second kappa shape index (κ2) is 13.5. The van der Waals surface area contributed by atoms with Crippen molar-refractivity contribution in [2.75, 3.05) is 20.0 Å². The first-order chi connectivity index (χ1) is 19.7. The molecule has 1 fully saturated rings. The summed E-state index contributed by atoms with van der Waals surface area (Å²) in [6.45, 7) is -0.529. The van der Waals surface area contributed by atoms with Crippen LogP contribution in [0.4, 0.5) is 0 Å². The zero-order valence-electron chi connectivity index (χ0n) is 22.2. The van der Waals surface area contributed by atoms with Gasteiger partial charge < -0.3 is 23.7 Å². The van der Waals surface area contributed by atoms with E-state index < -0.39 is 65.3 Å². The van der Waals surface area contributed by atoms with E-state index in [1.54, 1.807) is 66.7 Å². The third-order valence-electron chi connectivity index (χ3n) is 6.00. The molecule has 0 unspecified atom stereocenters. The second-order valence-corrected chi connectivity index (χ2v) is 10.6. The molecule has 41 heavy (non-hydrogen) atoms. The van der Waals surface area contributed by atoms with E-state index >= 15 is 0 Å². The van der Waals surface area contributed by atoms with Crippen molar-refractivity contribution in [1.82, 2.24) is 0 Å². The van der Waals surface area contributed by atoms with Crippen LogP contribution in [-0.2, 0) is 38.0 Å². The van der Waals surface area contributed by atoms with E-state index in [0.717, 1.165) is 6.26 Å². The average Bonchev–Trinajstić information content (AvgIpc) is 3.31. The number of ether oxygens (including phenoxy) is 5. The predicted molar refractivity (Wildman–Crippen MR) is 143 cm³/mol. The molecule has 0 aliphatic carbocycles. The summed E-state index contributed by atoms with van der Waals surface area (Å²) in [5.41, 5.74) is 0.599. The van der Waals surface area contributed by atoms with Crippen LogP contribution in [0.5, 0.6) is 0 Å². The Morgan fingerprint density at radius 3 is 1.73 bits per heavy atom. The van der Waals surface area contributed by atoms with Gasteiger partial charge >= 0.3 is 17.9 Å². The summed E-state index contributed by atoms with van der Waals surface area (Å²) in [7, 11) is -2.87. The average molecular weight is 585 g/mol. The van der Waals surface area contributed by atoms with Gasteiger partial charge in [0.1, 0.15) is 12.7 Å². The molecule has 216 valence electrons. The van der Waals surface area contributed by atoms with Gasteiger partial charge in [-0.15, -0.1) is 0 Å². The summed E-state index contributed by atoms with van der Waals surface area (Å²) in [5, 5.41) is 0. The minimum atomic E-state index is -4.11. The van der Waals surface area contributed by atoms with E-state index in [9.17, 15) is 22.8 Å². The molecule has 0 saturated carbocycles. The van der Waals surface area contributed by atoms with Gasteiger partial charge in [-0.25, -0.2) is 14.4 Å². The van der Waals surface area contributed by atoms with Crippen molar-refractivity contribution in [2.24, 2.45) is 0 Å². The molecule has 3 aromatic carbocycles. The van der Waals surface area contributed by atoms with Crippen LogP contribution in [0.3, 0.4) is 0 Å². The van der Waals surface area contributed by atoms with Gasteiger partial charge in [0, 0.05) is 7.11 Å². The van der Waals surface area contributed by atoms with Crippen molar-refractivity contribution >= 4 is 28.0 Å². The molecule has 3 aromatic rings. The van der Waals surface area contributed by atoms with Crippen LogP contribution in [0, 0.1) is 0 Å². The van der Waals surface area contributed by atoms with Gasteiger partial charge in [0.25, 0.3) is 10.1 Å². The summed E-state index contributed by atoms with van der Waals surface area (Å²) in [6, 6.07) is 24.1. The van der Waals surface area contributed by atoms with E-state index in [1.165, 1.54) is 31.4 Å². The molecule has 0 radical (unpaired) electrons. The van der Waals surface area contributed by atoms with Crippen LogP contribution < -0.4 is 0 Å². The van der Waals surface area contributed by atoms with E-state index in [4.69, 9.17) is 27.9 Å². The van der Waals surface area contributed by atoms with E-state index in [1.807, 2.05) is 0 Å². The van der Waals surface area contributed by atoms with Gasteiger partial charge in [-0.2, -0.15) is 8.42 Å². The van der Waals surface area contributed by atoms with Crippen LogP contribution in [0.1, 0.15) is 31.1 Å². The summed E-state index contributed by atoms with van der Waals surface area (Å²) < 4.78 is 57.5. The highest BCUT2D eigenvalue weighted by atomic mass is 32.2. The highest BCUT2D eigenvalue weighted by Gasteiger charge is 2.54. The molecule has 0 N–H and O–H groups in total. The molecule has 5 atom stereocenters. The number of rotatable bonds is 11. The van der Waals surface area contributed by atoms with Gasteiger partial charge in [0.05, 0.1) is 22.9 Å². The Hall–Kier alpha value is -4.10. The summed E-state index contributed by atoms with van der Waals surface area (Å²) in [5.74, 6) is -2.32. The topological polar surface area (TPSA) is 141 Å². The number of hydrogen-bond acceptors (Lipinski definition) is 11. The fourth-order valence-electron chi connectivity index (χ4n) is 4.13. The van der Waals surface area contributed by atoms with E-state index in [2.05, 4.69) is 0 Å². The van der Waals surface area contributed by atoms with Crippen LogP contribution in [0.2, 0.25) is 0 Å². The van der Waals surface area contributed by atoms with Crippen molar-refractivity contribution in [3.05, 3.63) is 108 Å². The smallest absolute Gasteiger partial charge is 0.338 e. The fraction of sp³-hybridized carbons (Fsp3) is 0.276. The molecule has 0 bridgehead atoms. The Labute approximate surface area is 237 Å². The normalized spacial score (nSPS) is 21.0. The number of carbonyl (C=O) groups excluding carboxylic acids is 3. The minimum Gasteiger partial charge on any atom is -0.458 e. The molecule has 0 aromatic heterocycles. The monoisotopic (exact) mass is 584 g/mol. The number of methoxy groups -OCH3 is 1. The summed E-state index contributed by atoms with van der Waals surface area (Å²) in [6.07, 6.45) is -6.23. The van der Waals surface area contributed by atoms with Gasteiger partial charge in [0.2, 0.25) is 0 Å². The van der Waals surface area contributed by atoms with Crippen LogP contribution in [0.15, 0.2) is 91.0 Å². The van der Waals surface area contributed by atoms with E-state index in [0.29, 0.717) is 0 Å². The molecule has 11 nitrogen and oxygen atoms in total. The van der Waals surface area contributed by atoms with E-state index in [-0.39, 0.29) is 16.7 Å². The van der Waals surface area contributed by atoms with Crippen molar-refractivity contribution in [3.8, 4) is 0 Å². The maximum absolute atomic E-state index is 13.1. The lowest BCUT2D eigenvalue weighted by Gasteiger charge is -2.28. The first-order valence-corrected chi connectivity index (χ1v) is 14.3. The zero-order chi connectivity index (χ0) is 29.4. The van der Waals surface area contributed by atoms with Crippen molar-refractivity contribution in [3.63, 3.8) is 0 Å². The third kappa shape index (κ3) is 7.98. The Morgan fingerprint density at radius 1 is 0.756 bits per heavy atom. The highest BCUT2D eigenvalue weighted by molar-refractivity contribution is 7.86. The minimum absolute atomic E-state index is 0.165. The van der Waals surface area contributed by atoms with Crippen LogP contribution in [0.25, 0.3) is 0 Å². The standard InChI is InChI=1S/C29H28O11S/c1-35-29-25(40-41(2,33)34)24(38-28(32)21-16-10-5-11-17-21)23(39-29)22(37-27(31)20-14-8-4-9-15-20)18-36-26(30)19-12-6-3-7-13-19/h3-17,22-25,29H,18H2,1-2H3/t22-,23+,24-,25-,29+/m1/s1. The predicted octanol–water partition coefficient (Wildman–Crippen LogP) is 3.01. The van der Waals surface area contributed by atoms with Gasteiger partial charge in [0.15, 0.2) is 24.6 Å². The Morgan fingerprint density at radius 2 is 1.24 bits per heavy atom. The molecule has 1 saturated heterocycles. The molecule has 1 aliphatic heterocycles. The largest absolute Gasteiger partial charge is 0.458 e. The fourth-order valence-corrected chi connectivity index (χ4v) is 4.74. The van der Waals surface area contributed by atoms with Crippen molar-refractivity contribution in [1.29, 1.82) is 0 Å². The molecule has 0 spiro atoms. The summed E-state index contributed by atoms with van der Waals surface area (Å²) in [4.78, 5) is 38.8. The Bertz CT molecular complexity index is 1430. The molecule has 4 rings (SSSR count). The lowest BCUT2D eigenvalue weighted by atomic mass is 10.1. The van der Waals surface area contributed by atoms with Gasteiger partial charge in [-0.1, -0.05) is 54.6 Å². The maximum atomic E-state index is 13.1. The Balaban J connectivity index is 1.67. The summed E-state index contributed by atoms with van der Waals surface area (Å²) >= 11 is 0. The molecule has 1 aliphatic rings. The highest BCUT2D eigenvalue weighted by Crippen LogP contribution is 2.32. The third-order valence-corrected chi connectivity index (χ3v) is 6.57. The van der Waals surface area contributed by atoms with Gasteiger partial charge in [-0.05, 0) is 36.4 Å². The number of carbonyl (C=O) groups is 3. The van der Waals surface area contributed by atoms with Crippen LogP contribution in [-0.4, -0.2) is 77.0 Å². The van der Waals surface area contributed by atoms with Gasteiger partial charge in [-0.3, -0.25) is 4.18 Å². The first-order valence-electron chi connectivity index (χ1n) is 12.5. The molecule has 12 heteroatoms. The lowest BCUT2D eigenvalue weighted by Crippen LogP contribution is -2.47. The van der Waals surface area contributed by atoms with Crippen LogP contribution >= 0.6 is 0 Å². The number of benzene rings is 3. The van der Waals surface area contributed by atoms with Crippen molar-refractivity contribution in [2.45, 2.75) is 30.7 Å². The second-order valence-electron chi connectivity index (χ2n) is 8.98. The number of hydrogen-bond donors (Lipinski definition) is 0. The molecular formula is C29H28O11S. The SMILES string of the molecule is CO[C@H]1O[C@@H]([C@@H](COC(=O)c2ccccc2)OC(=O)c2ccccc2)[C@@H](OC(=O)c2ccccc2)[C@H]1OS(C)(=O)=O. The lowest BCUT2D eigenvalue weighted by molar-refractivity contribution is -0.164. The Kier molecular flexibility index (Phi) is 9.84. The zero-order valence-corrected chi connectivity index (χ0v) is 23.0.